The van der Waals surface area contributed by atoms with Crippen LogP contribution in [-0.2, 0) is 14.3 Å². The summed E-state index contributed by atoms with van der Waals surface area (Å²) in [7, 11) is 3.79. The molecule has 2 aromatic rings. The second-order valence-corrected chi connectivity index (χ2v) is 9.24. The number of amides is 2. The predicted molar refractivity (Wildman–Crippen MR) is 130 cm³/mol. The van der Waals surface area contributed by atoms with E-state index in [0.29, 0.717) is 6.54 Å². The molecule has 2 atom stereocenters. The molecule has 0 aliphatic heterocycles. The third-order valence-corrected chi connectivity index (χ3v) is 6.03. The molecule has 0 fully saturated rings. The van der Waals surface area contributed by atoms with E-state index in [0.717, 1.165) is 22.3 Å². The number of carboxylic acid groups (broad SMARTS) is 1. The lowest BCUT2D eigenvalue weighted by atomic mass is 9.98. The van der Waals surface area contributed by atoms with Gasteiger partial charge in [-0.25, -0.2) is 4.79 Å². The minimum atomic E-state index is -1.24. The lowest BCUT2D eigenvalue weighted by molar-refractivity contribution is -0.140. The first-order valence-corrected chi connectivity index (χ1v) is 11.5. The Bertz CT molecular complexity index is 991. The first-order chi connectivity index (χ1) is 16.2. The van der Waals surface area contributed by atoms with Crippen molar-refractivity contribution in [3.63, 3.8) is 0 Å². The lowest BCUT2D eigenvalue weighted by Crippen LogP contribution is -2.53. The van der Waals surface area contributed by atoms with Crippen molar-refractivity contribution in [3.05, 3.63) is 59.7 Å². The molecule has 3 N–H and O–H groups in total. The van der Waals surface area contributed by atoms with Gasteiger partial charge in [-0.15, -0.1) is 0 Å². The highest BCUT2D eigenvalue weighted by molar-refractivity contribution is 5.89. The van der Waals surface area contributed by atoms with Crippen LogP contribution in [0.15, 0.2) is 48.5 Å². The molecule has 2 aromatic carbocycles. The molecule has 0 aromatic heterocycles. The molecule has 1 aliphatic rings. The van der Waals surface area contributed by atoms with Gasteiger partial charge in [-0.05, 0) is 42.3 Å². The number of benzene rings is 2. The van der Waals surface area contributed by atoms with Crippen molar-refractivity contribution in [1.82, 2.24) is 15.5 Å². The molecule has 2 unspecified atom stereocenters. The van der Waals surface area contributed by atoms with Gasteiger partial charge in [0.1, 0.15) is 12.6 Å². The molecule has 3 rings (SSSR count). The fourth-order valence-electron chi connectivity index (χ4n) is 4.27. The van der Waals surface area contributed by atoms with Crippen LogP contribution in [0.2, 0.25) is 0 Å². The van der Waals surface area contributed by atoms with Crippen molar-refractivity contribution in [3.8, 4) is 11.1 Å². The van der Waals surface area contributed by atoms with Crippen LogP contribution in [0.4, 0.5) is 4.79 Å². The molecule has 8 nitrogen and oxygen atoms in total. The maximum absolute atomic E-state index is 12.8. The molecule has 2 amide bonds. The second-order valence-electron chi connectivity index (χ2n) is 9.24. The van der Waals surface area contributed by atoms with E-state index >= 15 is 0 Å². The van der Waals surface area contributed by atoms with Crippen LogP contribution in [0.3, 0.4) is 0 Å². The summed E-state index contributed by atoms with van der Waals surface area (Å²) in [5.41, 5.74) is 4.35. The van der Waals surface area contributed by atoms with E-state index < -0.39 is 30.4 Å². The summed E-state index contributed by atoms with van der Waals surface area (Å²) >= 11 is 0. The van der Waals surface area contributed by atoms with E-state index in [4.69, 9.17) is 4.74 Å². The maximum Gasteiger partial charge on any atom is 0.407 e. The molecule has 0 radical (unpaired) electrons. The molecule has 1 aliphatic carbocycles. The molecule has 0 saturated carbocycles. The van der Waals surface area contributed by atoms with Gasteiger partial charge in [-0.2, -0.15) is 0 Å². The van der Waals surface area contributed by atoms with E-state index in [1.165, 1.54) is 0 Å². The van der Waals surface area contributed by atoms with E-state index in [1.807, 2.05) is 81.4 Å². The number of ether oxygens (including phenoxy) is 1. The average molecular weight is 468 g/mol. The van der Waals surface area contributed by atoms with Crippen molar-refractivity contribution in [1.29, 1.82) is 0 Å². The quantitative estimate of drug-likeness (QED) is 0.496. The first kappa shape index (κ1) is 25.2. The van der Waals surface area contributed by atoms with Gasteiger partial charge in [-0.1, -0.05) is 62.4 Å². The zero-order chi connectivity index (χ0) is 24.8. The number of rotatable bonds is 10. The molecule has 0 saturated heterocycles. The van der Waals surface area contributed by atoms with Crippen molar-refractivity contribution < 1.29 is 24.2 Å². The summed E-state index contributed by atoms with van der Waals surface area (Å²) in [6, 6.07) is 14.5. The number of carbonyl (C=O) groups excluding carboxylic acids is 2. The minimum absolute atomic E-state index is 0.0799. The number of hydrogen-bond acceptors (Lipinski definition) is 5. The normalized spacial score (nSPS) is 14.3. The van der Waals surface area contributed by atoms with Gasteiger partial charge in [0.05, 0.1) is 6.42 Å². The van der Waals surface area contributed by atoms with E-state index in [2.05, 4.69) is 10.6 Å². The largest absolute Gasteiger partial charge is 0.481 e. The van der Waals surface area contributed by atoms with Crippen LogP contribution in [0, 0.1) is 5.92 Å². The van der Waals surface area contributed by atoms with Crippen molar-refractivity contribution in [2.24, 2.45) is 5.92 Å². The van der Waals surface area contributed by atoms with Crippen LogP contribution >= 0.6 is 0 Å². The number of carbonyl (C=O) groups is 3. The number of likely N-dealkylation sites (N-methyl/N-ethyl adjacent to an activating group) is 1. The number of carboxylic acids is 1. The van der Waals surface area contributed by atoms with Gasteiger partial charge in [0.2, 0.25) is 5.91 Å². The molecule has 34 heavy (non-hydrogen) atoms. The first-order valence-electron chi connectivity index (χ1n) is 11.5. The molecule has 0 spiro atoms. The summed E-state index contributed by atoms with van der Waals surface area (Å²) in [5.74, 6) is -1.73. The zero-order valence-corrected chi connectivity index (χ0v) is 20.1. The third kappa shape index (κ3) is 6.14. The number of nitrogens with zero attached hydrogens (tertiary/aromatic N) is 1. The van der Waals surface area contributed by atoms with Gasteiger partial charge in [0.25, 0.3) is 0 Å². The average Bonchev–Trinajstić information content (AvgIpc) is 3.10. The van der Waals surface area contributed by atoms with Gasteiger partial charge in [-0.3, -0.25) is 9.59 Å². The highest BCUT2D eigenvalue weighted by atomic mass is 16.5. The van der Waals surface area contributed by atoms with Crippen molar-refractivity contribution >= 4 is 18.0 Å². The van der Waals surface area contributed by atoms with Crippen LogP contribution in [-0.4, -0.2) is 67.3 Å². The van der Waals surface area contributed by atoms with Gasteiger partial charge in [0.15, 0.2) is 0 Å². The molecular weight excluding hydrogens is 434 g/mol. The third-order valence-electron chi connectivity index (χ3n) is 6.03. The fraction of sp³-hybridized carbons (Fsp3) is 0.423. The lowest BCUT2D eigenvalue weighted by Gasteiger charge is -2.27. The highest BCUT2D eigenvalue weighted by Crippen LogP contribution is 2.44. The smallest absolute Gasteiger partial charge is 0.407 e. The summed E-state index contributed by atoms with van der Waals surface area (Å²) in [4.78, 5) is 38.7. The molecule has 0 bridgehead atoms. The van der Waals surface area contributed by atoms with E-state index in [-0.39, 0.29) is 24.5 Å². The maximum atomic E-state index is 12.8. The summed E-state index contributed by atoms with van der Waals surface area (Å²) in [5, 5.41) is 14.6. The number of aliphatic carboxylic acids is 1. The topological polar surface area (TPSA) is 108 Å². The van der Waals surface area contributed by atoms with E-state index in [1.54, 1.807) is 0 Å². The van der Waals surface area contributed by atoms with Crippen LogP contribution < -0.4 is 10.6 Å². The number of alkyl carbamates (subject to hydrolysis) is 1. The minimum Gasteiger partial charge on any atom is -0.481 e. The Labute approximate surface area is 200 Å². The molecule has 182 valence electrons. The Morgan fingerprint density at radius 2 is 1.53 bits per heavy atom. The standard InChI is InChI=1S/C26H33N3O5/c1-16(2)23(14-29(3)4)27-25(32)22(13-24(30)31)28-26(33)34-15-21-19-11-7-5-9-17(19)18-10-6-8-12-20(18)21/h5-12,16,21-23H,13-15H2,1-4H3,(H,27,32)(H,28,33)(H,30,31). The predicted octanol–water partition coefficient (Wildman–Crippen LogP) is 3.07. The van der Waals surface area contributed by atoms with Crippen molar-refractivity contribution in [2.45, 2.75) is 38.3 Å². The number of nitrogens with one attached hydrogen (secondary N) is 2. The van der Waals surface area contributed by atoms with Gasteiger partial charge < -0.3 is 25.4 Å². The molecule has 0 heterocycles. The number of hydrogen-bond donors (Lipinski definition) is 3. The Hall–Kier alpha value is -3.39. The van der Waals surface area contributed by atoms with Crippen molar-refractivity contribution in [2.75, 3.05) is 27.2 Å². The SMILES string of the molecule is CC(C)C(CN(C)C)NC(=O)C(CC(=O)O)NC(=O)OCC1c2ccccc2-c2ccccc21. The number of fused-ring (bicyclic) bond motifs is 3. The molecular formula is C26H33N3O5. The Morgan fingerprint density at radius 1 is 0.971 bits per heavy atom. The van der Waals surface area contributed by atoms with Gasteiger partial charge in [0, 0.05) is 18.5 Å². The molecule has 8 heteroatoms. The monoisotopic (exact) mass is 467 g/mol. The van der Waals surface area contributed by atoms with Gasteiger partial charge >= 0.3 is 12.1 Å². The van der Waals surface area contributed by atoms with Crippen LogP contribution in [0.5, 0.6) is 0 Å². The Kier molecular flexibility index (Phi) is 8.28. The zero-order valence-electron chi connectivity index (χ0n) is 20.1. The second kappa shape index (κ2) is 11.2. The Morgan fingerprint density at radius 3 is 2.03 bits per heavy atom. The highest BCUT2D eigenvalue weighted by Gasteiger charge is 2.31. The van der Waals surface area contributed by atoms with E-state index in [9.17, 15) is 19.5 Å². The van der Waals surface area contributed by atoms with Crippen LogP contribution in [0.25, 0.3) is 11.1 Å². The summed E-state index contributed by atoms with van der Waals surface area (Å²) < 4.78 is 5.49. The van der Waals surface area contributed by atoms with Crippen LogP contribution in [0.1, 0.15) is 37.3 Å². The summed E-state index contributed by atoms with van der Waals surface area (Å²) in [6.07, 6.45) is -1.36. The Balaban J connectivity index is 1.66. The summed E-state index contributed by atoms with van der Waals surface area (Å²) in [6.45, 7) is 4.61. The fourth-order valence-corrected chi connectivity index (χ4v) is 4.27.